The van der Waals surface area contributed by atoms with Gasteiger partial charge in [-0.05, 0) is 24.0 Å². The molecule has 2 N–H and O–H groups in total. The van der Waals surface area contributed by atoms with Crippen molar-refractivity contribution in [1.82, 2.24) is 10.3 Å². The number of hydrogen-bond acceptors (Lipinski definition) is 3. The van der Waals surface area contributed by atoms with Crippen molar-refractivity contribution in [3.05, 3.63) is 28.5 Å². The molecule has 21 heavy (non-hydrogen) atoms. The lowest BCUT2D eigenvalue weighted by atomic mass is 10.0. The molecular weight excluding hydrogens is 292 g/mol. The number of carbonyl (C=O) groups excluding carboxylic acids is 1. The molecule has 1 amide bonds. The number of amides is 1. The fraction of sp³-hybridized carbons (Fsp3) is 0.533. The summed E-state index contributed by atoms with van der Waals surface area (Å²) in [6.07, 6.45) is 0.742. The van der Waals surface area contributed by atoms with Gasteiger partial charge in [0.15, 0.2) is 0 Å². The van der Waals surface area contributed by atoms with E-state index in [1.807, 2.05) is 20.8 Å². The number of aromatic nitrogens is 1. The van der Waals surface area contributed by atoms with Crippen LogP contribution in [0, 0.1) is 5.92 Å². The zero-order valence-electron chi connectivity index (χ0n) is 12.5. The number of carbonyl (C=O) groups is 2. The van der Waals surface area contributed by atoms with Gasteiger partial charge in [0.1, 0.15) is 5.15 Å². The first kappa shape index (κ1) is 17.4. The monoisotopic (exact) mass is 312 g/mol. The first-order valence-corrected chi connectivity index (χ1v) is 7.38. The lowest BCUT2D eigenvalue weighted by Gasteiger charge is -2.14. The molecule has 1 heterocycles. The van der Waals surface area contributed by atoms with Crippen LogP contribution < -0.4 is 5.32 Å². The Morgan fingerprint density at radius 1 is 1.38 bits per heavy atom. The minimum absolute atomic E-state index is 0.0468. The number of carboxylic acid groups (broad SMARTS) is 1. The van der Waals surface area contributed by atoms with Crippen molar-refractivity contribution in [2.24, 2.45) is 5.92 Å². The second kappa shape index (κ2) is 7.98. The van der Waals surface area contributed by atoms with Crippen LogP contribution in [0.4, 0.5) is 0 Å². The normalized spacial score (nSPS) is 12.2. The molecule has 1 aromatic rings. The van der Waals surface area contributed by atoms with E-state index in [0.29, 0.717) is 18.5 Å². The molecule has 0 aromatic carbocycles. The van der Waals surface area contributed by atoms with Crippen molar-refractivity contribution in [3.8, 4) is 0 Å². The molecule has 6 heteroatoms. The number of hydrogen-bond donors (Lipinski definition) is 2. The molecule has 5 nitrogen and oxygen atoms in total. The molecule has 0 saturated heterocycles. The van der Waals surface area contributed by atoms with E-state index in [1.165, 1.54) is 6.07 Å². The fourth-order valence-electron chi connectivity index (χ4n) is 1.89. The van der Waals surface area contributed by atoms with Crippen LogP contribution in [0.5, 0.6) is 0 Å². The Bertz CT molecular complexity index is 518. The lowest BCUT2D eigenvalue weighted by Crippen LogP contribution is -2.30. The maximum Gasteiger partial charge on any atom is 0.303 e. The van der Waals surface area contributed by atoms with E-state index in [2.05, 4.69) is 10.3 Å². The quantitative estimate of drug-likeness (QED) is 0.758. The highest BCUT2D eigenvalue weighted by Crippen LogP contribution is 2.18. The SMILES string of the molecule is CCC(CNC(=O)c1cc(Cl)nc(C(C)C)c1)CC(=O)O. The summed E-state index contributed by atoms with van der Waals surface area (Å²) in [6, 6.07) is 3.23. The largest absolute Gasteiger partial charge is 0.481 e. The van der Waals surface area contributed by atoms with Crippen LogP contribution in [0.2, 0.25) is 5.15 Å². The maximum atomic E-state index is 12.1. The Labute approximate surface area is 129 Å². The van der Waals surface area contributed by atoms with Gasteiger partial charge in [-0.1, -0.05) is 38.8 Å². The van der Waals surface area contributed by atoms with Gasteiger partial charge in [-0.2, -0.15) is 0 Å². The van der Waals surface area contributed by atoms with Crippen LogP contribution in [0.25, 0.3) is 0 Å². The summed E-state index contributed by atoms with van der Waals surface area (Å²) in [5.41, 5.74) is 1.20. The summed E-state index contributed by atoms with van der Waals surface area (Å²) < 4.78 is 0. The minimum atomic E-state index is -0.856. The van der Waals surface area contributed by atoms with Crippen molar-refractivity contribution in [3.63, 3.8) is 0 Å². The number of halogens is 1. The zero-order chi connectivity index (χ0) is 16.0. The number of pyridine rings is 1. The third kappa shape index (κ3) is 5.71. The van der Waals surface area contributed by atoms with E-state index in [1.54, 1.807) is 6.07 Å². The molecule has 0 fully saturated rings. The zero-order valence-corrected chi connectivity index (χ0v) is 13.3. The van der Waals surface area contributed by atoms with Crippen molar-refractivity contribution < 1.29 is 14.7 Å². The fourth-order valence-corrected chi connectivity index (χ4v) is 2.11. The van der Waals surface area contributed by atoms with Crippen molar-refractivity contribution in [2.75, 3.05) is 6.54 Å². The van der Waals surface area contributed by atoms with Gasteiger partial charge in [0, 0.05) is 24.2 Å². The molecule has 1 aromatic heterocycles. The molecule has 0 aliphatic heterocycles. The molecule has 0 spiro atoms. The van der Waals surface area contributed by atoms with Crippen LogP contribution in [0.3, 0.4) is 0 Å². The number of carboxylic acids is 1. The number of nitrogens with one attached hydrogen (secondary N) is 1. The van der Waals surface area contributed by atoms with Gasteiger partial charge in [-0.3, -0.25) is 9.59 Å². The van der Waals surface area contributed by atoms with E-state index in [-0.39, 0.29) is 29.3 Å². The Morgan fingerprint density at radius 2 is 2.05 bits per heavy atom. The van der Waals surface area contributed by atoms with Crippen LogP contribution in [-0.4, -0.2) is 28.5 Å². The van der Waals surface area contributed by atoms with E-state index < -0.39 is 5.97 Å². The number of rotatable bonds is 7. The molecule has 0 aliphatic carbocycles. The molecular formula is C15H21ClN2O3. The maximum absolute atomic E-state index is 12.1. The topological polar surface area (TPSA) is 79.3 Å². The smallest absolute Gasteiger partial charge is 0.303 e. The van der Waals surface area contributed by atoms with E-state index >= 15 is 0 Å². The lowest BCUT2D eigenvalue weighted by molar-refractivity contribution is -0.138. The highest BCUT2D eigenvalue weighted by atomic mass is 35.5. The summed E-state index contributed by atoms with van der Waals surface area (Å²) in [4.78, 5) is 27.0. The Hall–Kier alpha value is -1.62. The Balaban J connectivity index is 2.73. The minimum Gasteiger partial charge on any atom is -0.481 e. The molecule has 1 atom stereocenters. The first-order chi connectivity index (χ1) is 9.83. The van der Waals surface area contributed by atoms with Gasteiger partial charge in [-0.15, -0.1) is 0 Å². The molecule has 1 unspecified atom stereocenters. The standard InChI is InChI=1S/C15H21ClN2O3/c1-4-10(5-14(19)20)8-17-15(21)11-6-12(9(2)3)18-13(16)7-11/h6-7,9-10H,4-5,8H2,1-3H3,(H,17,21)(H,19,20). The highest BCUT2D eigenvalue weighted by Gasteiger charge is 2.15. The Morgan fingerprint density at radius 3 is 2.57 bits per heavy atom. The van der Waals surface area contributed by atoms with Crippen molar-refractivity contribution >= 4 is 23.5 Å². The second-order valence-electron chi connectivity index (χ2n) is 5.34. The second-order valence-corrected chi connectivity index (χ2v) is 5.73. The van der Waals surface area contributed by atoms with E-state index in [4.69, 9.17) is 16.7 Å². The van der Waals surface area contributed by atoms with E-state index in [9.17, 15) is 9.59 Å². The predicted molar refractivity (Wildman–Crippen MR) is 81.7 cm³/mol. The summed E-state index contributed by atoms with van der Waals surface area (Å²) in [7, 11) is 0. The summed E-state index contributed by atoms with van der Waals surface area (Å²) in [6.45, 7) is 6.18. The van der Waals surface area contributed by atoms with Gasteiger partial charge in [0.2, 0.25) is 0 Å². The van der Waals surface area contributed by atoms with Crippen LogP contribution in [-0.2, 0) is 4.79 Å². The summed E-state index contributed by atoms with van der Waals surface area (Å²) in [5, 5.41) is 11.8. The van der Waals surface area contributed by atoms with Gasteiger partial charge < -0.3 is 10.4 Å². The average Bonchev–Trinajstić information content (AvgIpc) is 2.41. The van der Waals surface area contributed by atoms with Gasteiger partial charge in [0.25, 0.3) is 5.91 Å². The first-order valence-electron chi connectivity index (χ1n) is 7.01. The molecule has 1 rings (SSSR count). The molecule has 0 radical (unpaired) electrons. The van der Waals surface area contributed by atoms with Crippen molar-refractivity contribution in [2.45, 2.75) is 39.5 Å². The van der Waals surface area contributed by atoms with Gasteiger partial charge in [-0.25, -0.2) is 4.98 Å². The summed E-state index contributed by atoms with van der Waals surface area (Å²) >= 11 is 5.93. The number of aliphatic carboxylic acids is 1. The van der Waals surface area contributed by atoms with Crippen LogP contribution in [0.15, 0.2) is 12.1 Å². The molecule has 0 bridgehead atoms. The van der Waals surface area contributed by atoms with Gasteiger partial charge in [0.05, 0.1) is 0 Å². The molecule has 0 saturated carbocycles. The van der Waals surface area contributed by atoms with Gasteiger partial charge >= 0.3 is 5.97 Å². The van der Waals surface area contributed by atoms with Crippen molar-refractivity contribution in [1.29, 1.82) is 0 Å². The molecule has 0 aliphatic rings. The average molecular weight is 313 g/mol. The highest BCUT2D eigenvalue weighted by molar-refractivity contribution is 6.29. The predicted octanol–water partition coefficient (Wildman–Crippen LogP) is 3.09. The third-order valence-electron chi connectivity index (χ3n) is 3.26. The number of nitrogens with zero attached hydrogens (tertiary/aromatic N) is 1. The molecule has 116 valence electrons. The Kier molecular flexibility index (Phi) is 6.62. The summed E-state index contributed by atoms with van der Waals surface area (Å²) in [5.74, 6) is -1.02. The van der Waals surface area contributed by atoms with Crippen LogP contribution in [0.1, 0.15) is 55.6 Å². The van der Waals surface area contributed by atoms with E-state index in [0.717, 1.165) is 5.69 Å². The third-order valence-corrected chi connectivity index (χ3v) is 3.45. The van der Waals surface area contributed by atoms with Crippen LogP contribution >= 0.6 is 11.6 Å².